The first-order valence-corrected chi connectivity index (χ1v) is 8.98. The van der Waals surface area contributed by atoms with Crippen LogP contribution in [0.3, 0.4) is 0 Å². The molecule has 0 radical (unpaired) electrons. The van der Waals surface area contributed by atoms with Crippen molar-refractivity contribution in [1.29, 1.82) is 0 Å². The second-order valence-electron chi connectivity index (χ2n) is 7.25. The van der Waals surface area contributed by atoms with Gasteiger partial charge in [-0.2, -0.15) is 5.10 Å². The molecule has 2 aliphatic rings. The van der Waals surface area contributed by atoms with Crippen LogP contribution in [0.4, 0.5) is 0 Å². The summed E-state index contributed by atoms with van der Waals surface area (Å²) in [6, 6.07) is 3.94. The number of hydrogen-bond acceptors (Lipinski definition) is 4. The van der Waals surface area contributed by atoms with E-state index in [9.17, 15) is 9.90 Å². The van der Waals surface area contributed by atoms with Crippen molar-refractivity contribution in [2.75, 3.05) is 26.2 Å². The van der Waals surface area contributed by atoms with Crippen LogP contribution in [-0.2, 0) is 6.54 Å². The number of hydrogen-bond donors (Lipinski definition) is 3. The van der Waals surface area contributed by atoms with Gasteiger partial charge in [0.25, 0.3) is 5.91 Å². The average Bonchev–Trinajstić information content (AvgIpc) is 3.24. The summed E-state index contributed by atoms with van der Waals surface area (Å²) in [5, 5.41) is 17.9. The fourth-order valence-electron chi connectivity index (χ4n) is 3.53. The molecule has 2 aromatic heterocycles. The minimum Gasteiger partial charge on any atom is -0.390 e. The molecule has 0 unspecified atom stereocenters. The molecule has 1 saturated carbocycles. The van der Waals surface area contributed by atoms with Crippen molar-refractivity contribution in [1.82, 2.24) is 25.0 Å². The zero-order valence-corrected chi connectivity index (χ0v) is 14.5. The van der Waals surface area contributed by atoms with Crippen LogP contribution >= 0.6 is 0 Å². The summed E-state index contributed by atoms with van der Waals surface area (Å²) in [5.41, 5.74) is 3.79. The van der Waals surface area contributed by atoms with Crippen molar-refractivity contribution in [3.63, 3.8) is 0 Å². The standard InChI is InChI=1S/C18H25N5O2/c1-12-16(4-5-19-12)18(25)23-7-6-22(10-15(24)11-23)9-14-8-17(21-20-14)13-2-3-13/h4-5,8,13,15,19,24H,2-3,6-7,9-11H2,1H3,(H,20,21)/t15-/m1/s1. The van der Waals surface area contributed by atoms with Crippen molar-refractivity contribution in [3.05, 3.63) is 41.0 Å². The summed E-state index contributed by atoms with van der Waals surface area (Å²) in [6.45, 7) is 4.91. The number of aliphatic hydroxyl groups is 1. The maximum absolute atomic E-state index is 12.7. The molecule has 2 fully saturated rings. The third kappa shape index (κ3) is 3.62. The zero-order chi connectivity index (χ0) is 17.4. The Morgan fingerprint density at radius 1 is 1.36 bits per heavy atom. The summed E-state index contributed by atoms with van der Waals surface area (Å²) in [5.74, 6) is 0.620. The number of aliphatic hydroxyl groups excluding tert-OH is 1. The third-order valence-electron chi connectivity index (χ3n) is 5.10. The number of aryl methyl sites for hydroxylation is 1. The van der Waals surface area contributed by atoms with Crippen LogP contribution in [0, 0.1) is 6.92 Å². The summed E-state index contributed by atoms with van der Waals surface area (Å²) in [7, 11) is 0. The Morgan fingerprint density at radius 3 is 2.92 bits per heavy atom. The largest absolute Gasteiger partial charge is 0.390 e. The van der Waals surface area contributed by atoms with E-state index in [0.29, 0.717) is 31.1 Å². The maximum Gasteiger partial charge on any atom is 0.255 e. The minimum absolute atomic E-state index is 0.0165. The first kappa shape index (κ1) is 16.4. The lowest BCUT2D eigenvalue weighted by Gasteiger charge is -2.21. The molecule has 1 aliphatic heterocycles. The molecule has 134 valence electrons. The van der Waals surface area contributed by atoms with Gasteiger partial charge in [0.1, 0.15) is 0 Å². The Bertz CT molecular complexity index is 748. The van der Waals surface area contributed by atoms with Gasteiger partial charge in [0.15, 0.2) is 0 Å². The van der Waals surface area contributed by atoms with Gasteiger partial charge < -0.3 is 15.0 Å². The van der Waals surface area contributed by atoms with Crippen LogP contribution in [0.15, 0.2) is 18.3 Å². The SMILES string of the molecule is Cc1[nH]ccc1C(=O)N1CCN(Cc2cc(C3CC3)n[nH]2)C[C@@H](O)C1. The minimum atomic E-state index is -0.545. The fraction of sp³-hybridized carbons (Fsp3) is 0.556. The molecule has 2 aromatic rings. The molecule has 3 heterocycles. The molecule has 1 amide bonds. The predicted octanol–water partition coefficient (Wildman–Crippen LogP) is 1.24. The smallest absolute Gasteiger partial charge is 0.255 e. The Balaban J connectivity index is 1.39. The van der Waals surface area contributed by atoms with Crippen molar-refractivity contribution < 1.29 is 9.90 Å². The number of aromatic nitrogens is 3. The summed E-state index contributed by atoms with van der Waals surface area (Å²) in [6.07, 6.45) is 3.71. The van der Waals surface area contributed by atoms with Gasteiger partial charge in [-0.25, -0.2) is 0 Å². The third-order valence-corrected chi connectivity index (χ3v) is 5.10. The number of carbonyl (C=O) groups is 1. The molecule has 0 spiro atoms. The van der Waals surface area contributed by atoms with E-state index in [1.165, 1.54) is 12.8 Å². The summed E-state index contributed by atoms with van der Waals surface area (Å²) in [4.78, 5) is 19.7. The number of rotatable bonds is 4. The Morgan fingerprint density at radius 2 is 2.20 bits per heavy atom. The normalized spacial score (nSPS) is 22.2. The second kappa shape index (κ2) is 6.65. The highest BCUT2D eigenvalue weighted by Crippen LogP contribution is 2.39. The van der Waals surface area contributed by atoms with Gasteiger partial charge in [0, 0.05) is 56.2 Å². The van der Waals surface area contributed by atoms with Gasteiger partial charge in [0.05, 0.1) is 17.4 Å². The van der Waals surface area contributed by atoms with E-state index in [2.05, 4.69) is 26.1 Å². The summed E-state index contributed by atoms with van der Waals surface area (Å²) < 4.78 is 0. The number of carbonyl (C=O) groups excluding carboxylic acids is 1. The lowest BCUT2D eigenvalue weighted by atomic mass is 10.2. The molecule has 1 saturated heterocycles. The summed E-state index contributed by atoms with van der Waals surface area (Å²) >= 11 is 0. The molecule has 7 nitrogen and oxygen atoms in total. The molecule has 0 aromatic carbocycles. The van der Waals surface area contributed by atoms with Crippen LogP contribution in [0.5, 0.6) is 0 Å². The fourth-order valence-corrected chi connectivity index (χ4v) is 3.53. The van der Waals surface area contributed by atoms with E-state index in [0.717, 1.165) is 30.2 Å². The van der Waals surface area contributed by atoms with E-state index in [1.807, 2.05) is 6.92 Å². The number of aromatic amines is 2. The van der Waals surface area contributed by atoms with E-state index in [-0.39, 0.29) is 5.91 Å². The van der Waals surface area contributed by atoms with Gasteiger partial charge in [0.2, 0.25) is 0 Å². The highest BCUT2D eigenvalue weighted by Gasteiger charge is 2.28. The van der Waals surface area contributed by atoms with Gasteiger partial charge in [-0.1, -0.05) is 0 Å². The van der Waals surface area contributed by atoms with Gasteiger partial charge >= 0.3 is 0 Å². The molecular formula is C18H25N5O2. The van der Waals surface area contributed by atoms with Gasteiger partial charge in [-0.05, 0) is 31.9 Å². The molecule has 0 bridgehead atoms. The highest BCUT2D eigenvalue weighted by molar-refractivity contribution is 5.95. The molecule has 3 N–H and O–H groups in total. The van der Waals surface area contributed by atoms with E-state index in [1.54, 1.807) is 17.2 Å². The number of nitrogens with zero attached hydrogens (tertiary/aromatic N) is 3. The first-order valence-electron chi connectivity index (χ1n) is 8.98. The Kier molecular flexibility index (Phi) is 4.35. The van der Waals surface area contributed by atoms with Crippen molar-refractivity contribution >= 4 is 5.91 Å². The van der Waals surface area contributed by atoms with Gasteiger partial charge in [-0.3, -0.25) is 14.8 Å². The predicted molar refractivity (Wildman–Crippen MR) is 93.3 cm³/mol. The topological polar surface area (TPSA) is 88.3 Å². The number of nitrogens with one attached hydrogen (secondary N) is 2. The van der Waals surface area contributed by atoms with E-state index >= 15 is 0 Å². The Hall–Kier alpha value is -2.12. The first-order chi connectivity index (χ1) is 12.1. The number of amides is 1. The van der Waals surface area contributed by atoms with E-state index in [4.69, 9.17) is 0 Å². The number of H-pyrrole nitrogens is 2. The molecule has 7 heteroatoms. The van der Waals surface area contributed by atoms with Crippen LogP contribution in [0.2, 0.25) is 0 Å². The van der Waals surface area contributed by atoms with Crippen LogP contribution in [0.1, 0.15) is 46.2 Å². The Labute approximate surface area is 147 Å². The van der Waals surface area contributed by atoms with Crippen molar-refractivity contribution in [2.45, 2.75) is 38.3 Å². The molecule has 25 heavy (non-hydrogen) atoms. The lowest BCUT2D eigenvalue weighted by molar-refractivity contribution is 0.0662. The molecule has 4 rings (SSSR count). The van der Waals surface area contributed by atoms with Crippen LogP contribution in [-0.4, -0.2) is 68.3 Å². The molecule has 1 aliphatic carbocycles. The number of β-amino-alcohol motifs (C(OH)–C–C–N with tert-alkyl or cyclic N) is 1. The molecule has 1 atom stereocenters. The van der Waals surface area contributed by atoms with E-state index < -0.39 is 6.10 Å². The van der Waals surface area contributed by atoms with Crippen LogP contribution in [0.25, 0.3) is 0 Å². The highest BCUT2D eigenvalue weighted by atomic mass is 16.3. The van der Waals surface area contributed by atoms with Crippen molar-refractivity contribution in [3.8, 4) is 0 Å². The lowest BCUT2D eigenvalue weighted by Crippen LogP contribution is -2.37. The average molecular weight is 343 g/mol. The zero-order valence-electron chi connectivity index (χ0n) is 14.5. The van der Waals surface area contributed by atoms with Crippen molar-refractivity contribution in [2.24, 2.45) is 0 Å². The van der Waals surface area contributed by atoms with Crippen LogP contribution < -0.4 is 0 Å². The maximum atomic E-state index is 12.7. The molecular weight excluding hydrogens is 318 g/mol. The monoisotopic (exact) mass is 343 g/mol. The quantitative estimate of drug-likeness (QED) is 0.779. The second-order valence-corrected chi connectivity index (χ2v) is 7.25. The van der Waals surface area contributed by atoms with Gasteiger partial charge in [-0.15, -0.1) is 0 Å².